The largest absolute Gasteiger partial charge is 0.504 e. The highest BCUT2D eigenvalue weighted by atomic mass is 16.3. The fourth-order valence-electron chi connectivity index (χ4n) is 1.74. The van der Waals surface area contributed by atoms with Gasteiger partial charge in [0, 0.05) is 18.7 Å². The van der Waals surface area contributed by atoms with Crippen molar-refractivity contribution in [3.05, 3.63) is 23.8 Å². The SMILES string of the molecule is CCN1CC=Cc2ccc(O)c(O)c21. The number of phenolic OH excluding ortho intramolecular Hbond substituents is 2. The van der Waals surface area contributed by atoms with Crippen LogP contribution in [0.15, 0.2) is 18.2 Å². The Bertz CT molecular complexity index is 385. The highest BCUT2D eigenvalue weighted by Crippen LogP contribution is 2.40. The van der Waals surface area contributed by atoms with E-state index in [1.165, 1.54) is 6.07 Å². The van der Waals surface area contributed by atoms with Gasteiger partial charge < -0.3 is 15.1 Å². The van der Waals surface area contributed by atoms with E-state index in [0.717, 1.165) is 24.3 Å². The van der Waals surface area contributed by atoms with E-state index in [2.05, 4.69) is 0 Å². The van der Waals surface area contributed by atoms with Crippen molar-refractivity contribution in [3.8, 4) is 11.5 Å². The first-order chi connectivity index (χ1) is 6.74. The molecule has 74 valence electrons. The normalized spacial score (nSPS) is 14.2. The zero-order valence-electron chi connectivity index (χ0n) is 8.07. The lowest BCUT2D eigenvalue weighted by Crippen LogP contribution is -2.25. The second-order valence-electron chi connectivity index (χ2n) is 3.31. The van der Waals surface area contributed by atoms with E-state index in [1.807, 2.05) is 30.0 Å². The van der Waals surface area contributed by atoms with E-state index in [9.17, 15) is 10.2 Å². The zero-order valence-corrected chi connectivity index (χ0v) is 8.07. The molecule has 3 heteroatoms. The fourth-order valence-corrected chi connectivity index (χ4v) is 1.74. The van der Waals surface area contributed by atoms with E-state index < -0.39 is 0 Å². The van der Waals surface area contributed by atoms with Crippen LogP contribution in [0.5, 0.6) is 11.5 Å². The molecule has 1 aromatic carbocycles. The Morgan fingerprint density at radius 3 is 2.86 bits per heavy atom. The molecule has 0 fully saturated rings. The topological polar surface area (TPSA) is 43.7 Å². The molecular weight excluding hydrogens is 178 g/mol. The van der Waals surface area contributed by atoms with Crippen LogP contribution in [0.3, 0.4) is 0 Å². The summed E-state index contributed by atoms with van der Waals surface area (Å²) in [6.45, 7) is 3.61. The van der Waals surface area contributed by atoms with Crippen molar-refractivity contribution in [1.29, 1.82) is 0 Å². The van der Waals surface area contributed by atoms with Crippen LogP contribution < -0.4 is 4.90 Å². The number of phenols is 2. The fraction of sp³-hybridized carbons (Fsp3) is 0.273. The molecule has 1 aromatic rings. The van der Waals surface area contributed by atoms with Crippen LogP contribution >= 0.6 is 0 Å². The Balaban J connectivity index is 2.60. The van der Waals surface area contributed by atoms with E-state index >= 15 is 0 Å². The van der Waals surface area contributed by atoms with Gasteiger partial charge in [-0.05, 0) is 19.1 Å². The summed E-state index contributed by atoms with van der Waals surface area (Å²) < 4.78 is 0. The predicted molar refractivity (Wildman–Crippen MR) is 56.7 cm³/mol. The molecule has 1 aliphatic heterocycles. The molecule has 0 unspecified atom stereocenters. The van der Waals surface area contributed by atoms with Crippen molar-refractivity contribution in [2.45, 2.75) is 6.92 Å². The van der Waals surface area contributed by atoms with E-state index in [-0.39, 0.29) is 11.5 Å². The molecule has 2 N–H and O–H groups in total. The standard InChI is InChI=1S/C11H13NO2/c1-2-12-7-3-4-8-5-6-9(13)11(14)10(8)12/h3-6,13-14H,2,7H2,1H3. The molecule has 0 aromatic heterocycles. The van der Waals surface area contributed by atoms with Gasteiger partial charge >= 0.3 is 0 Å². The summed E-state index contributed by atoms with van der Waals surface area (Å²) in [7, 11) is 0. The second-order valence-corrected chi connectivity index (χ2v) is 3.31. The van der Waals surface area contributed by atoms with Crippen LogP contribution in [0, 0.1) is 0 Å². The van der Waals surface area contributed by atoms with E-state index in [0.29, 0.717) is 0 Å². The quantitative estimate of drug-likeness (QED) is 0.667. The van der Waals surface area contributed by atoms with Crippen molar-refractivity contribution >= 4 is 11.8 Å². The summed E-state index contributed by atoms with van der Waals surface area (Å²) in [5.41, 5.74) is 1.68. The molecule has 0 amide bonds. The van der Waals surface area contributed by atoms with Crippen LogP contribution in [-0.4, -0.2) is 23.3 Å². The van der Waals surface area contributed by atoms with Gasteiger partial charge in [0.25, 0.3) is 0 Å². The Labute approximate surface area is 82.9 Å². The van der Waals surface area contributed by atoms with Gasteiger partial charge in [0.1, 0.15) is 0 Å². The first kappa shape index (κ1) is 8.94. The van der Waals surface area contributed by atoms with Gasteiger partial charge in [-0.3, -0.25) is 0 Å². The number of rotatable bonds is 1. The number of anilines is 1. The number of benzene rings is 1. The predicted octanol–water partition coefficient (Wildman–Crippen LogP) is 1.95. The van der Waals surface area contributed by atoms with E-state index in [1.54, 1.807) is 0 Å². The van der Waals surface area contributed by atoms with Crippen LogP contribution in [0.25, 0.3) is 6.08 Å². The number of nitrogens with zero attached hydrogens (tertiary/aromatic N) is 1. The van der Waals surface area contributed by atoms with Crippen LogP contribution in [-0.2, 0) is 0 Å². The third kappa shape index (κ3) is 1.21. The highest BCUT2D eigenvalue weighted by molar-refractivity contribution is 5.79. The molecule has 0 radical (unpaired) electrons. The molecule has 1 aliphatic rings. The van der Waals surface area contributed by atoms with Crippen LogP contribution in [0.1, 0.15) is 12.5 Å². The minimum absolute atomic E-state index is 0.0197. The van der Waals surface area contributed by atoms with Crippen molar-refractivity contribution < 1.29 is 10.2 Å². The molecule has 0 bridgehead atoms. The minimum atomic E-state index is -0.0579. The highest BCUT2D eigenvalue weighted by Gasteiger charge is 2.18. The Morgan fingerprint density at radius 1 is 1.36 bits per heavy atom. The van der Waals surface area contributed by atoms with E-state index in [4.69, 9.17) is 0 Å². The summed E-state index contributed by atoms with van der Waals surface area (Å²) >= 11 is 0. The molecule has 0 saturated carbocycles. The maximum Gasteiger partial charge on any atom is 0.182 e. The van der Waals surface area contributed by atoms with Gasteiger partial charge in [-0.2, -0.15) is 0 Å². The Morgan fingerprint density at radius 2 is 2.14 bits per heavy atom. The number of aromatic hydroxyl groups is 2. The third-order valence-electron chi connectivity index (χ3n) is 2.48. The average Bonchev–Trinajstić information content (AvgIpc) is 2.23. The summed E-state index contributed by atoms with van der Waals surface area (Å²) in [6.07, 6.45) is 4.00. The molecule has 2 rings (SSSR count). The van der Waals surface area contributed by atoms with Gasteiger partial charge in [-0.1, -0.05) is 12.2 Å². The maximum atomic E-state index is 9.72. The molecule has 0 saturated heterocycles. The first-order valence-corrected chi connectivity index (χ1v) is 4.70. The number of fused-ring (bicyclic) bond motifs is 1. The van der Waals surface area contributed by atoms with Gasteiger partial charge in [-0.25, -0.2) is 0 Å². The second kappa shape index (κ2) is 3.25. The maximum absolute atomic E-state index is 9.72. The number of hydrogen-bond acceptors (Lipinski definition) is 3. The van der Waals surface area contributed by atoms with Gasteiger partial charge in [0.15, 0.2) is 11.5 Å². The first-order valence-electron chi connectivity index (χ1n) is 4.70. The summed E-state index contributed by atoms with van der Waals surface area (Å²) in [6, 6.07) is 3.32. The monoisotopic (exact) mass is 191 g/mol. The molecule has 0 spiro atoms. The van der Waals surface area contributed by atoms with Crippen LogP contribution in [0.2, 0.25) is 0 Å². The number of likely N-dealkylation sites (N-methyl/N-ethyl adjacent to an activating group) is 1. The summed E-state index contributed by atoms with van der Waals surface area (Å²) in [4.78, 5) is 2.02. The average molecular weight is 191 g/mol. The Kier molecular flexibility index (Phi) is 2.08. The van der Waals surface area contributed by atoms with Crippen molar-refractivity contribution in [1.82, 2.24) is 0 Å². The third-order valence-corrected chi connectivity index (χ3v) is 2.48. The number of hydrogen-bond donors (Lipinski definition) is 2. The molecule has 0 aliphatic carbocycles. The molecule has 3 nitrogen and oxygen atoms in total. The zero-order chi connectivity index (χ0) is 10.1. The van der Waals surface area contributed by atoms with Crippen molar-refractivity contribution in [2.24, 2.45) is 0 Å². The minimum Gasteiger partial charge on any atom is -0.504 e. The summed E-state index contributed by atoms with van der Waals surface area (Å²) in [5.74, 6) is -0.0776. The van der Waals surface area contributed by atoms with Gasteiger partial charge in [0.2, 0.25) is 0 Å². The van der Waals surface area contributed by atoms with Crippen LogP contribution in [0.4, 0.5) is 5.69 Å². The Hall–Kier alpha value is -1.64. The molecule has 0 atom stereocenters. The molecule has 14 heavy (non-hydrogen) atoms. The lowest BCUT2D eigenvalue weighted by Gasteiger charge is -2.27. The molecular formula is C11H13NO2. The lowest BCUT2D eigenvalue weighted by molar-refractivity contribution is 0.403. The molecule has 1 heterocycles. The van der Waals surface area contributed by atoms with Crippen molar-refractivity contribution in [2.75, 3.05) is 18.0 Å². The summed E-state index contributed by atoms with van der Waals surface area (Å²) in [5, 5.41) is 19.1. The van der Waals surface area contributed by atoms with Crippen molar-refractivity contribution in [3.63, 3.8) is 0 Å². The lowest BCUT2D eigenvalue weighted by atomic mass is 10.1. The van der Waals surface area contributed by atoms with Gasteiger partial charge in [-0.15, -0.1) is 0 Å². The smallest absolute Gasteiger partial charge is 0.182 e. The van der Waals surface area contributed by atoms with Gasteiger partial charge in [0.05, 0.1) is 5.69 Å².